The molecule has 14 heavy (non-hydrogen) atoms. The molecule has 3 nitrogen and oxygen atoms in total. The molecule has 0 saturated carbocycles. The number of hydrogen-bond acceptors (Lipinski definition) is 3. The molecule has 1 rings (SSSR count). The van der Waals surface area contributed by atoms with Gasteiger partial charge in [-0.15, -0.1) is 0 Å². The summed E-state index contributed by atoms with van der Waals surface area (Å²) in [5.41, 5.74) is 1.03. The zero-order valence-electron chi connectivity index (χ0n) is 8.31. The molecule has 78 valence electrons. The average molecular weight is 196 g/mol. The maximum atomic E-state index is 9.09. The molecule has 0 heterocycles. The van der Waals surface area contributed by atoms with E-state index >= 15 is 0 Å². The number of aliphatic hydroxyl groups excluding tert-OH is 2. The topological polar surface area (TPSA) is 49.7 Å². The summed E-state index contributed by atoms with van der Waals surface area (Å²) in [5.74, 6) is 0.820. The van der Waals surface area contributed by atoms with E-state index in [1.54, 1.807) is 7.11 Å². The third-order valence-electron chi connectivity index (χ3n) is 2.29. The second kappa shape index (κ2) is 5.62. The zero-order valence-corrected chi connectivity index (χ0v) is 8.31. The van der Waals surface area contributed by atoms with Gasteiger partial charge in [0.15, 0.2) is 0 Å². The Bertz CT molecular complexity index is 256. The standard InChI is InChI=1S/C11H16O3/c1-14-11-4-2-9(3-5-11)10(8-13)6-7-12/h2-5,10,12-13H,6-8H2,1H3. The first kappa shape index (κ1) is 11.0. The minimum absolute atomic E-state index is 0.0194. The SMILES string of the molecule is COc1ccc(C(CO)CCO)cc1. The van der Waals surface area contributed by atoms with E-state index in [0.717, 1.165) is 11.3 Å². The number of hydrogen-bond donors (Lipinski definition) is 2. The molecule has 0 amide bonds. The lowest BCUT2D eigenvalue weighted by Gasteiger charge is -2.13. The van der Waals surface area contributed by atoms with Crippen LogP contribution in [0.5, 0.6) is 5.75 Å². The molecule has 0 spiro atoms. The second-order valence-electron chi connectivity index (χ2n) is 3.16. The van der Waals surface area contributed by atoms with Gasteiger partial charge in [0.2, 0.25) is 0 Å². The van der Waals surface area contributed by atoms with Gasteiger partial charge in [0.25, 0.3) is 0 Å². The summed E-state index contributed by atoms with van der Waals surface area (Å²) in [4.78, 5) is 0. The molecule has 0 radical (unpaired) electrons. The number of aliphatic hydroxyl groups is 2. The van der Waals surface area contributed by atoms with Crippen LogP contribution in [0.4, 0.5) is 0 Å². The maximum absolute atomic E-state index is 9.09. The Balaban J connectivity index is 2.73. The first-order valence-corrected chi connectivity index (χ1v) is 4.67. The quantitative estimate of drug-likeness (QED) is 0.742. The predicted molar refractivity (Wildman–Crippen MR) is 54.5 cm³/mol. The summed E-state index contributed by atoms with van der Waals surface area (Å²) in [7, 11) is 1.62. The zero-order chi connectivity index (χ0) is 10.4. The van der Waals surface area contributed by atoms with E-state index in [1.165, 1.54) is 0 Å². The van der Waals surface area contributed by atoms with Crippen LogP contribution < -0.4 is 4.74 Å². The fourth-order valence-corrected chi connectivity index (χ4v) is 1.40. The van der Waals surface area contributed by atoms with Gasteiger partial charge in [-0.2, -0.15) is 0 Å². The van der Waals surface area contributed by atoms with Crippen molar-refractivity contribution in [1.29, 1.82) is 0 Å². The second-order valence-corrected chi connectivity index (χ2v) is 3.16. The van der Waals surface area contributed by atoms with Crippen LogP contribution >= 0.6 is 0 Å². The molecular weight excluding hydrogens is 180 g/mol. The van der Waals surface area contributed by atoms with Crippen LogP contribution in [0, 0.1) is 0 Å². The van der Waals surface area contributed by atoms with E-state index in [1.807, 2.05) is 24.3 Å². The lowest BCUT2D eigenvalue weighted by Crippen LogP contribution is -2.06. The lowest BCUT2D eigenvalue weighted by molar-refractivity contribution is 0.220. The Kier molecular flexibility index (Phi) is 4.43. The molecular formula is C11H16O3. The van der Waals surface area contributed by atoms with Crippen molar-refractivity contribution in [3.8, 4) is 5.75 Å². The Morgan fingerprint density at radius 1 is 1.21 bits per heavy atom. The lowest BCUT2D eigenvalue weighted by atomic mass is 9.97. The van der Waals surface area contributed by atoms with E-state index in [-0.39, 0.29) is 19.1 Å². The van der Waals surface area contributed by atoms with Crippen LogP contribution in [0.15, 0.2) is 24.3 Å². The molecule has 0 aliphatic heterocycles. The predicted octanol–water partition coefficient (Wildman–Crippen LogP) is 1.15. The molecule has 1 atom stereocenters. The number of rotatable bonds is 5. The Hall–Kier alpha value is -1.06. The van der Waals surface area contributed by atoms with Crippen molar-refractivity contribution in [3.05, 3.63) is 29.8 Å². The minimum atomic E-state index is 0.0194. The van der Waals surface area contributed by atoms with Crippen LogP contribution in [0.2, 0.25) is 0 Å². The van der Waals surface area contributed by atoms with Crippen molar-refractivity contribution in [2.75, 3.05) is 20.3 Å². The van der Waals surface area contributed by atoms with E-state index < -0.39 is 0 Å². The molecule has 1 aromatic rings. The van der Waals surface area contributed by atoms with Crippen LogP contribution in [0.1, 0.15) is 17.9 Å². The fourth-order valence-electron chi connectivity index (χ4n) is 1.40. The van der Waals surface area contributed by atoms with Crippen molar-refractivity contribution in [3.63, 3.8) is 0 Å². The van der Waals surface area contributed by atoms with E-state index in [2.05, 4.69) is 0 Å². The number of methoxy groups -OCH3 is 1. The van der Waals surface area contributed by atoms with Gasteiger partial charge in [0.1, 0.15) is 5.75 Å². The Morgan fingerprint density at radius 3 is 2.29 bits per heavy atom. The third kappa shape index (κ3) is 2.72. The van der Waals surface area contributed by atoms with Crippen molar-refractivity contribution >= 4 is 0 Å². The van der Waals surface area contributed by atoms with Gasteiger partial charge in [-0.3, -0.25) is 0 Å². The molecule has 1 unspecified atom stereocenters. The van der Waals surface area contributed by atoms with Crippen LogP contribution in [-0.2, 0) is 0 Å². The first-order chi connectivity index (χ1) is 6.81. The smallest absolute Gasteiger partial charge is 0.118 e. The highest BCUT2D eigenvalue weighted by Gasteiger charge is 2.09. The first-order valence-electron chi connectivity index (χ1n) is 4.67. The van der Waals surface area contributed by atoms with Crippen LogP contribution in [0.25, 0.3) is 0 Å². The monoisotopic (exact) mass is 196 g/mol. The molecule has 0 aliphatic carbocycles. The summed E-state index contributed by atoms with van der Waals surface area (Å²) in [6, 6.07) is 7.54. The summed E-state index contributed by atoms with van der Waals surface area (Å²) in [6.45, 7) is 0.157. The maximum Gasteiger partial charge on any atom is 0.118 e. The third-order valence-corrected chi connectivity index (χ3v) is 2.29. The molecule has 0 fully saturated rings. The van der Waals surface area contributed by atoms with Gasteiger partial charge in [-0.05, 0) is 24.1 Å². The van der Waals surface area contributed by atoms with Crippen molar-refractivity contribution < 1.29 is 14.9 Å². The molecule has 1 aromatic carbocycles. The van der Waals surface area contributed by atoms with Crippen molar-refractivity contribution in [2.24, 2.45) is 0 Å². The summed E-state index contributed by atoms with van der Waals surface area (Å²) < 4.78 is 5.03. The molecule has 0 bridgehead atoms. The van der Waals surface area contributed by atoms with E-state index in [4.69, 9.17) is 14.9 Å². The van der Waals surface area contributed by atoms with Crippen LogP contribution in [0.3, 0.4) is 0 Å². The van der Waals surface area contributed by atoms with Gasteiger partial charge in [0, 0.05) is 12.5 Å². The highest BCUT2D eigenvalue weighted by Crippen LogP contribution is 2.21. The van der Waals surface area contributed by atoms with Crippen LogP contribution in [-0.4, -0.2) is 30.5 Å². The number of ether oxygens (including phenoxy) is 1. The highest BCUT2D eigenvalue weighted by atomic mass is 16.5. The molecule has 3 heteroatoms. The minimum Gasteiger partial charge on any atom is -0.497 e. The largest absolute Gasteiger partial charge is 0.497 e. The van der Waals surface area contributed by atoms with Gasteiger partial charge in [-0.25, -0.2) is 0 Å². The average Bonchev–Trinajstić information content (AvgIpc) is 2.26. The number of benzene rings is 1. The molecule has 0 aromatic heterocycles. The van der Waals surface area contributed by atoms with E-state index in [9.17, 15) is 0 Å². The summed E-state index contributed by atoms with van der Waals surface area (Å²) in [5, 5.41) is 17.9. The van der Waals surface area contributed by atoms with Gasteiger partial charge in [0.05, 0.1) is 13.7 Å². The van der Waals surface area contributed by atoms with Crippen molar-refractivity contribution in [1.82, 2.24) is 0 Å². The normalized spacial score (nSPS) is 12.5. The van der Waals surface area contributed by atoms with Crippen molar-refractivity contribution in [2.45, 2.75) is 12.3 Å². The molecule has 0 saturated heterocycles. The summed E-state index contributed by atoms with van der Waals surface area (Å²) >= 11 is 0. The Morgan fingerprint density at radius 2 is 1.86 bits per heavy atom. The van der Waals surface area contributed by atoms with E-state index in [0.29, 0.717) is 6.42 Å². The fraction of sp³-hybridized carbons (Fsp3) is 0.455. The van der Waals surface area contributed by atoms with Gasteiger partial charge in [-0.1, -0.05) is 12.1 Å². The summed E-state index contributed by atoms with van der Waals surface area (Å²) in [6.07, 6.45) is 0.586. The highest BCUT2D eigenvalue weighted by molar-refractivity contribution is 5.29. The molecule has 0 aliphatic rings. The van der Waals surface area contributed by atoms with Gasteiger partial charge < -0.3 is 14.9 Å². The Labute approximate surface area is 84.0 Å². The molecule has 2 N–H and O–H groups in total. The van der Waals surface area contributed by atoms with Gasteiger partial charge >= 0.3 is 0 Å².